The van der Waals surface area contributed by atoms with E-state index in [1.807, 2.05) is 37.3 Å². The van der Waals surface area contributed by atoms with Crippen molar-refractivity contribution < 1.29 is 9.53 Å². The van der Waals surface area contributed by atoms with E-state index in [0.717, 1.165) is 26.9 Å². The second kappa shape index (κ2) is 6.44. The number of methoxy groups -OCH3 is 1. The summed E-state index contributed by atoms with van der Waals surface area (Å²) in [6, 6.07) is 7.59. The minimum atomic E-state index is -0.0341. The molecule has 1 aromatic carbocycles. The van der Waals surface area contributed by atoms with E-state index < -0.39 is 0 Å². The van der Waals surface area contributed by atoms with E-state index in [0.29, 0.717) is 0 Å². The number of ketones is 1. The predicted molar refractivity (Wildman–Crippen MR) is 91.9 cm³/mol. The van der Waals surface area contributed by atoms with Crippen molar-refractivity contribution in [2.45, 2.75) is 33.1 Å². The van der Waals surface area contributed by atoms with Gasteiger partial charge in [0.15, 0.2) is 5.78 Å². The number of carbonyl (C=O) groups is 1. The third kappa shape index (κ3) is 3.83. The molecule has 2 aromatic rings. The Balaban J connectivity index is 2.18. The summed E-state index contributed by atoms with van der Waals surface area (Å²) in [4.78, 5) is 17.6. The van der Waals surface area contributed by atoms with Gasteiger partial charge in [-0.15, -0.1) is 11.3 Å². The number of allylic oxidation sites excluding steroid dienone is 1. The molecule has 0 N–H and O–H groups in total. The van der Waals surface area contributed by atoms with Crippen molar-refractivity contribution in [3.63, 3.8) is 0 Å². The van der Waals surface area contributed by atoms with Gasteiger partial charge in [0.25, 0.3) is 0 Å². The number of nitrogens with zero attached hydrogens (tertiary/aromatic N) is 1. The number of thiazole rings is 1. The van der Waals surface area contributed by atoms with Gasteiger partial charge in [0.1, 0.15) is 5.75 Å². The van der Waals surface area contributed by atoms with Crippen molar-refractivity contribution in [1.82, 2.24) is 4.98 Å². The number of ether oxygens (including phenoxy) is 1. The molecular formula is C18H21NO2S. The van der Waals surface area contributed by atoms with Gasteiger partial charge in [-0.1, -0.05) is 39.0 Å². The first-order valence-electron chi connectivity index (χ1n) is 7.15. The van der Waals surface area contributed by atoms with Crippen LogP contribution in [-0.2, 0) is 5.41 Å². The highest BCUT2D eigenvalue weighted by molar-refractivity contribution is 7.14. The fourth-order valence-corrected chi connectivity index (χ4v) is 2.95. The first kappa shape index (κ1) is 16.4. The maximum Gasteiger partial charge on any atom is 0.197 e. The van der Waals surface area contributed by atoms with Crippen LogP contribution in [-0.4, -0.2) is 17.9 Å². The summed E-state index contributed by atoms with van der Waals surface area (Å²) < 4.78 is 5.12. The Hall–Kier alpha value is -1.94. The van der Waals surface area contributed by atoms with Gasteiger partial charge >= 0.3 is 0 Å². The summed E-state index contributed by atoms with van der Waals surface area (Å²) in [7, 11) is 1.63. The van der Waals surface area contributed by atoms with Crippen LogP contribution in [0, 0.1) is 6.92 Å². The highest BCUT2D eigenvalue weighted by Gasteiger charge is 2.22. The first-order valence-corrected chi connectivity index (χ1v) is 7.97. The Bertz CT molecular complexity index is 691. The van der Waals surface area contributed by atoms with Crippen LogP contribution in [0.5, 0.6) is 5.75 Å². The van der Waals surface area contributed by atoms with Gasteiger partial charge in [-0.3, -0.25) is 4.79 Å². The number of hydrogen-bond donors (Lipinski definition) is 0. The number of carbonyl (C=O) groups excluding carboxylic acids is 1. The number of aryl methyl sites for hydroxylation is 1. The Morgan fingerprint density at radius 3 is 2.36 bits per heavy atom. The van der Waals surface area contributed by atoms with Crippen molar-refractivity contribution in [2.75, 3.05) is 7.11 Å². The lowest BCUT2D eigenvalue weighted by atomic mass is 9.98. The largest absolute Gasteiger partial charge is 0.497 e. The summed E-state index contributed by atoms with van der Waals surface area (Å²) in [5.41, 5.74) is 1.74. The van der Waals surface area contributed by atoms with Crippen LogP contribution in [0.25, 0.3) is 6.08 Å². The lowest BCUT2D eigenvalue weighted by Crippen LogP contribution is -2.10. The summed E-state index contributed by atoms with van der Waals surface area (Å²) in [6.07, 6.45) is 3.42. The predicted octanol–water partition coefficient (Wildman–Crippen LogP) is 4.65. The zero-order chi connectivity index (χ0) is 16.3. The van der Waals surface area contributed by atoms with Gasteiger partial charge in [-0.25, -0.2) is 4.98 Å². The summed E-state index contributed by atoms with van der Waals surface area (Å²) >= 11 is 1.48. The Kier molecular flexibility index (Phi) is 4.81. The topological polar surface area (TPSA) is 39.2 Å². The molecule has 3 nitrogen and oxygen atoms in total. The molecule has 0 saturated carbocycles. The Morgan fingerprint density at radius 1 is 1.23 bits per heavy atom. The molecule has 4 heteroatoms. The van der Waals surface area contributed by atoms with Crippen LogP contribution < -0.4 is 4.74 Å². The van der Waals surface area contributed by atoms with Gasteiger partial charge in [-0.2, -0.15) is 0 Å². The van der Waals surface area contributed by atoms with Crippen LogP contribution in [0.2, 0.25) is 0 Å². The minimum Gasteiger partial charge on any atom is -0.497 e. The number of rotatable bonds is 4. The third-order valence-corrected chi connectivity index (χ3v) is 4.80. The smallest absolute Gasteiger partial charge is 0.197 e. The number of aromatic nitrogens is 1. The van der Waals surface area contributed by atoms with Crippen molar-refractivity contribution >= 4 is 23.2 Å². The van der Waals surface area contributed by atoms with Gasteiger partial charge in [0, 0.05) is 5.41 Å². The highest BCUT2D eigenvalue weighted by atomic mass is 32.1. The van der Waals surface area contributed by atoms with Crippen molar-refractivity contribution in [3.8, 4) is 5.75 Å². The maximum absolute atomic E-state index is 12.4. The van der Waals surface area contributed by atoms with Gasteiger partial charge in [0.05, 0.1) is 22.7 Å². The van der Waals surface area contributed by atoms with Crippen LogP contribution >= 0.6 is 11.3 Å². The molecule has 0 saturated heterocycles. The number of hydrogen-bond acceptors (Lipinski definition) is 4. The molecule has 0 amide bonds. The molecule has 0 aliphatic carbocycles. The fraction of sp³-hybridized carbons (Fsp3) is 0.333. The van der Waals surface area contributed by atoms with Crippen molar-refractivity contribution in [2.24, 2.45) is 0 Å². The van der Waals surface area contributed by atoms with Crippen LogP contribution in [0.4, 0.5) is 0 Å². The lowest BCUT2D eigenvalue weighted by Gasteiger charge is -2.13. The van der Waals surface area contributed by atoms with Gasteiger partial charge in [0.2, 0.25) is 0 Å². The molecule has 0 atom stereocenters. The molecule has 0 unspecified atom stereocenters. The van der Waals surface area contributed by atoms with E-state index in [9.17, 15) is 4.79 Å². The summed E-state index contributed by atoms with van der Waals surface area (Å²) in [6.45, 7) is 8.20. The average molecular weight is 315 g/mol. The maximum atomic E-state index is 12.4. The van der Waals surface area contributed by atoms with Crippen LogP contribution in [0.3, 0.4) is 0 Å². The average Bonchev–Trinajstić information content (AvgIpc) is 2.87. The molecule has 0 spiro atoms. The Morgan fingerprint density at radius 2 is 1.86 bits per heavy atom. The van der Waals surface area contributed by atoms with Gasteiger partial charge in [-0.05, 0) is 30.7 Å². The molecule has 1 aromatic heterocycles. The van der Waals surface area contributed by atoms with Crippen LogP contribution in [0.1, 0.15) is 46.7 Å². The van der Waals surface area contributed by atoms with E-state index >= 15 is 0 Å². The molecule has 0 fully saturated rings. The molecule has 0 bridgehead atoms. The van der Waals surface area contributed by atoms with E-state index in [1.54, 1.807) is 13.2 Å². The molecular weight excluding hydrogens is 294 g/mol. The lowest BCUT2D eigenvalue weighted by molar-refractivity contribution is 0.105. The molecule has 0 aliphatic rings. The van der Waals surface area contributed by atoms with E-state index in [2.05, 4.69) is 25.8 Å². The monoisotopic (exact) mass is 315 g/mol. The standard InChI is InChI=1S/C18H21NO2S/c1-12-16(22-17(19-12)18(2,3)4)15(20)11-8-13-6-9-14(21-5)10-7-13/h6-11H,1-5H3/b11-8+. The zero-order valence-corrected chi connectivity index (χ0v) is 14.5. The molecule has 116 valence electrons. The SMILES string of the molecule is COc1ccc(/C=C/C(=O)c2sc(C(C)(C)C)nc2C)cc1. The van der Waals surface area contributed by atoms with Gasteiger partial charge < -0.3 is 4.74 Å². The zero-order valence-electron chi connectivity index (χ0n) is 13.6. The van der Waals surface area contributed by atoms with E-state index in [4.69, 9.17) is 4.74 Å². The minimum absolute atomic E-state index is 0.00122. The highest BCUT2D eigenvalue weighted by Crippen LogP contribution is 2.29. The van der Waals surface area contributed by atoms with Crippen molar-refractivity contribution in [3.05, 3.63) is 51.5 Å². The van der Waals surface area contributed by atoms with Crippen molar-refractivity contribution in [1.29, 1.82) is 0 Å². The van der Waals surface area contributed by atoms with E-state index in [1.165, 1.54) is 11.3 Å². The summed E-state index contributed by atoms with van der Waals surface area (Å²) in [5, 5.41) is 0.992. The molecule has 1 heterocycles. The quantitative estimate of drug-likeness (QED) is 0.609. The van der Waals surface area contributed by atoms with E-state index in [-0.39, 0.29) is 11.2 Å². The van der Waals surface area contributed by atoms with Crippen LogP contribution in [0.15, 0.2) is 30.3 Å². The number of benzene rings is 1. The second-order valence-corrected chi connectivity index (χ2v) is 7.15. The molecule has 0 aliphatic heterocycles. The molecule has 22 heavy (non-hydrogen) atoms. The normalized spacial score (nSPS) is 11.9. The summed E-state index contributed by atoms with van der Waals surface area (Å²) in [5.74, 6) is 0.804. The third-order valence-electron chi connectivity index (χ3n) is 3.20. The molecule has 0 radical (unpaired) electrons. The second-order valence-electron chi connectivity index (χ2n) is 6.15. The fourth-order valence-electron chi connectivity index (χ4n) is 1.91. The molecule has 2 rings (SSSR count). The Labute approximate surface area is 135 Å². The first-order chi connectivity index (χ1) is 10.3.